The van der Waals surface area contributed by atoms with Crippen molar-refractivity contribution in [1.29, 1.82) is 0 Å². The van der Waals surface area contributed by atoms with E-state index < -0.39 is 0 Å². The van der Waals surface area contributed by atoms with Gasteiger partial charge in [0.25, 0.3) is 5.91 Å². The molecule has 0 atom stereocenters. The van der Waals surface area contributed by atoms with Crippen LogP contribution >= 0.6 is 43.5 Å². The highest BCUT2D eigenvalue weighted by Crippen LogP contribution is 2.35. The Bertz CT molecular complexity index is 639. The molecule has 2 rings (SSSR count). The Balaban J connectivity index is 1.94. The summed E-state index contributed by atoms with van der Waals surface area (Å²) < 4.78 is 6.29. The molecule has 0 bridgehead atoms. The van der Waals surface area contributed by atoms with Gasteiger partial charge >= 0.3 is 0 Å². The fraction of sp³-hybridized carbons (Fsp3) is 0.0714. The number of amides is 1. The van der Waals surface area contributed by atoms with Crippen LogP contribution in [-0.4, -0.2) is 17.6 Å². The largest absolute Gasteiger partial charge is 0.506 e. The minimum atomic E-state index is -0.311. The predicted molar refractivity (Wildman–Crippen MR) is 89.1 cm³/mol. The quantitative estimate of drug-likeness (QED) is 0.691. The number of halogens is 3. The van der Waals surface area contributed by atoms with Crippen molar-refractivity contribution in [3.63, 3.8) is 0 Å². The Morgan fingerprint density at radius 2 is 1.76 bits per heavy atom. The smallest absolute Gasteiger partial charge is 0.262 e. The lowest BCUT2D eigenvalue weighted by atomic mass is 10.3. The van der Waals surface area contributed by atoms with Crippen LogP contribution in [0.4, 0.5) is 5.69 Å². The molecule has 0 unspecified atom stereocenters. The predicted octanol–water partition coefficient (Wildman–Crippen LogP) is 4.59. The molecule has 7 heteroatoms. The average molecular weight is 435 g/mol. The number of carbonyl (C=O) groups is 1. The first-order valence-corrected chi connectivity index (χ1v) is 7.78. The highest BCUT2D eigenvalue weighted by atomic mass is 79.9. The molecule has 2 aromatic rings. The zero-order chi connectivity index (χ0) is 15.4. The van der Waals surface area contributed by atoms with Gasteiger partial charge in [-0.3, -0.25) is 4.79 Å². The summed E-state index contributed by atoms with van der Waals surface area (Å²) in [5.41, 5.74) is 0.538. The highest BCUT2D eigenvalue weighted by molar-refractivity contribution is 9.11. The third-order valence-electron chi connectivity index (χ3n) is 2.48. The Labute approximate surface area is 143 Å². The Kier molecular flexibility index (Phi) is 5.50. The van der Waals surface area contributed by atoms with Crippen molar-refractivity contribution in [1.82, 2.24) is 0 Å². The van der Waals surface area contributed by atoms with Crippen LogP contribution in [0.1, 0.15) is 0 Å². The topological polar surface area (TPSA) is 58.6 Å². The van der Waals surface area contributed by atoms with E-state index in [-0.39, 0.29) is 18.3 Å². The van der Waals surface area contributed by atoms with E-state index in [1.165, 1.54) is 0 Å². The van der Waals surface area contributed by atoms with Gasteiger partial charge in [0.15, 0.2) is 6.61 Å². The van der Waals surface area contributed by atoms with E-state index in [4.69, 9.17) is 16.3 Å². The van der Waals surface area contributed by atoms with Crippen LogP contribution in [0.15, 0.2) is 45.3 Å². The number of hydrogen-bond acceptors (Lipinski definition) is 3. The van der Waals surface area contributed by atoms with Gasteiger partial charge in [-0.25, -0.2) is 0 Å². The third kappa shape index (κ3) is 4.62. The summed E-state index contributed by atoms with van der Waals surface area (Å²) in [6, 6.07) is 9.93. The van der Waals surface area contributed by atoms with E-state index in [0.29, 0.717) is 25.4 Å². The molecule has 110 valence electrons. The van der Waals surface area contributed by atoms with E-state index in [0.717, 1.165) is 0 Å². The molecule has 0 saturated heterocycles. The van der Waals surface area contributed by atoms with Gasteiger partial charge in [-0.2, -0.15) is 0 Å². The second-order valence-electron chi connectivity index (χ2n) is 4.08. The molecule has 0 aliphatic heterocycles. The average Bonchev–Trinajstić information content (AvgIpc) is 2.44. The molecule has 0 fully saturated rings. The van der Waals surface area contributed by atoms with Crippen molar-refractivity contribution < 1.29 is 14.6 Å². The third-order valence-corrected chi connectivity index (χ3v) is 3.95. The van der Waals surface area contributed by atoms with Crippen molar-refractivity contribution in [2.45, 2.75) is 0 Å². The molecule has 0 aliphatic carbocycles. The van der Waals surface area contributed by atoms with E-state index in [1.54, 1.807) is 36.4 Å². The number of carbonyl (C=O) groups excluding carboxylic acids is 1. The first kappa shape index (κ1) is 16.1. The zero-order valence-electron chi connectivity index (χ0n) is 10.6. The van der Waals surface area contributed by atoms with Crippen LogP contribution in [0.25, 0.3) is 0 Å². The Morgan fingerprint density at radius 3 is 2.33 bits per heavy atom. The minimum absolute atomic E-state index is 0.0745. The monoisotopic (exact) mass is 433 g/mol. The zero-order valence-corrected chi connectivity index (χ0v) is 14.5. The van der Waals surface area contributed by atoms with Crippen LogP contribution in [0.2, 0.25) is 5.02 Å². The van der Waals surface area contributed by atoms with Crippen molar-refractivity contribution >= 4 is 55.1 Å². The molecule has 0 heterocycles. The van der Waals surface area contributed by atoms with Gasteiger partial charge in [-0.15, -0.1) is 0 Å². The first-order chi connectivity index (χ1) is 9.95. The molecule has 1 amide bonds. The number of hydrogen-bond donors (Lipinski definition) is 2. The lowest BCUT2D eigenvalue weighted by Gasteiger charge is -2.09. The van der Waals surface area contributed by atoms with Crippen LogP contribution in [0.3, 0.4) is 0 Å². The maximum absolute atomic E-state index is 11.8. The Hall–Kier alpha value is -1.24. The molecule has 2 N–H and O–H groups in total. The maximum Gasteiger partial charge on any atom is 0.262 e. The number of nitrogens with one attached hydrogen (secondary N) is 1. The lowest BCUT2D eigenvalue weighted by Crippen LogP contribution is -2.20. The molecule has 0 aromatic heterocycles. The second kappa shape index (κ2) is 7.15. The van der Waals surface area contributed by atoms with Gasteiger partial charge in [0.05, 0.1) is 8.95 Å². The number of anilines is 1. The Morgan fingerprint density at radius 1 is 1.19 bits per heavy atom. The van der Waals surface area contributed by atoms with Crippen molar-refractivity contribution in [3.8, 4) is 11.5 Å². The molecular weight excluding hydrogens is 425 g/mol. The number of ether oxygens (including phenoxy) is 1. The van der Waals surface area contributed by atoms with Gasteiger partial charge < -0.3 is 15.2 Å². The van der Waals surface area contributed by atoms with Gasteiger partial charge in [-0.05, 0) is 68.3 Å². The number of rotatable bonds is 4. The van der Waals surface area contributed by atoms with E-state index in [2.05, 4.69) is 37.2 Å². The molecule has 2 aromatic carbocycles. The maximum atomic E-state index is 11.8. The lowest BCUT2D eigenvalue weighted by molar-refractivity contribution is -0.118. The summed E-state index contributed by atoms with van der Waals surface area (Å²) >= 11 is 12.1. The minimum Gasteiger partial charge on any atom is -0.506 e. The molecule has 0 spiro atoms. The van der Waals surface area contributed by atoms with Gasteiger partial charge in [-0.1, -0.05) is 11.6 Å². The van der Waals surface area contributed by atoms with Crippen LogP contribution in [0.5, 0.6) is 11.5 Å². The molecule has 0 saturated carbocycles. The van der Waals surface area contributed by atoms with Gasteiger partial charge in [0.1, 0.15) is 11.5 Å². The number of benzene rings is 2. The summed E-state index contributed by atoms with van der Waals surface area (Å²) in [6.45, 7) is -0.127. The number of phenolic OH excluding ortho intramolecular Hbond substituents is 1. The fourth-order valence-electron chi connectivity index (χ4n) is 1.51. The normalized spacial score (nSPS) is 10.2. The standard InChI is InChI=1S/C14H10Br2ClNO3/c15-11-5-9(6-12(16)14(11)20)18-13(19)7-21-10-3-1-8(17)2-4-10/h1-6,20H,7H2,(H,18,19). The van der Waals surface area contributed by atoms with E-state index in [1.807, 2.05) is 0 Å². The second-order valence-corrected chi connectivity index (χ2v) is 6.22. The summed E-state index contributed by atoms with van der Waals surface area (Å²) in [4.78, 5) is 11.8. The first-order valence-electron chi connectivity index (χ1n) is 5.82. The van der Waals surface area contributed by atoms with Crippen LogP contribution in [-0.2, 0) is 4.79 Å². The summed E-state index contributed by atoms with van der Waals surface area (Å²) in [7, 11) is 0. The number of aromatic hydroxyl groups is 1. The molecule has 4 nitrogen and oxygen atoms in total. The summed E-state index contributed by atoms with van der Waals surface area (Å²) in [5.74, 6) is 0.322. The molecule has 0 radical (unpaired) electrons. The van der Waals surface area contributed by atoms with Crippen molar-refractivity contribution in [3.05, 3.63) is 50.4 Å². The van der Waals surface area contributed by atoms with Gasteiger partial charge in [0, 0.05) is 10.7 Å². The molecular formula is C14H10Br2ClNO3. The van der Waals surface area contributed by atoms with Crippen LogP contribution in [0, 0.1) is 0 Å². The highest BCUT2D eigenvalue weighted by Gasteiger charge is 2.09. The molecule has 21 heavy (non-hydrogen) atoms. The van der Waals surface area contributed by atoms with Crippen LogP contribution < -0.4 is 10.1 Å². The van der Waals surface area contributed by atoms with E-state index >= 15 is 0 Å². The molecule has 0 aliphatic rings. The van der Waals surface area contributed by atoms with Gasteiger partial charge in [0.2, 0.25) is 0 Å². The van der Waals surface area contributed by atoms with E-state index in [9.17, 15) is 9.90 Å². The van der Waals surface area contributed by atoms with Crippen molar-refractivity contribution in [2.24, 2.45) is 0 Å². The van der Waals surface area contributed by atoms with Crippen molar-refractivity contribution in [2.75, 3.05) is 11.9 Å². The summed E-state index contributed by atoms with van der Waals surface area (Å²) in [6.07, 6.45) is 0. The SMILES string of the molecule is O=C(COc1ccc(Cl)cc1)Nc1cc(Br)c(O)c(Br)c1. The summed E-state index contributed by atoms with van der Waals surface area (Å²) in [5, 5.41) is 12.9. The number of phenols is 1. The fourth-order valence-corrected chi connectivity index (χ4v) is 2.83.